The lowest BCUT2D eigenvalue weighted by Crippen LogP contribution is -2.19. The van der Waals surface area contributed by atoms with Crippen molar-refractivity contribution in [3.63, 3.8) is 0 Å². The minimum absolute atomic E-state index is 0.0960. The number of hydrogen-bond acceptors (Lipinski definition) is 6. The number of aromatic nitrogens is 5. The summed E-state index contributed by atoms with van der Waals surface area (Å²) in [6.45, 7) is 11.1. The Hall–Kier alpha value is -3.98. The van der Waals surface area contributed by atoms with Gasteiger partial charge in [-0.2, -0.15) is 5.10 Å². The van der Waals surface area contributed by atoms with Gasteiger partial charge in [0.2, 0.25) is 0 Å². The van der Waals surface area contributed by atoms with Gasteiger partial charge in [-0.25, -0.2) is 4.68 Å². The van der Waals surface area contributed by atoms with Gasteiger partial charge in [0, 0.05) is 36.0 Å². The van der Waals surface area contributed by atoms with Gasteiger partial charge in [0.25, 0.3) is 5.91 Å². The molecular formula is C29H37N7O2. The van der Waals surface area contributed by atoms with Gasteiger partial charge >= 0.3 is 0 Å². The number of carbonyl (C=O) groups is 1. The Labute approximate surface area is 224 Å². The van der Waals surface area contributed by atoms with Gasteiger partial charge in [0.15, 0.2) is 0 Å². The Morgan fingerprint density at radius 3 is 2.47 bits per heavy atom. The largest absolute Gasteiger partial charge is 0.494 e. The zero-order chi connectivity index (χ0) is 27.8. The van der Waals surface area contributed by atoms with Gasteiger partial charge in [0.05, 0.1) is 30.9 Å². The predicted molar refractivity (Wildman–Crippen MR) is 150 cm³/mol. The molecule has 0 unspecified atom stereocenters. The summed E-state index contributed by atoms with van der Waals surface area (Å²) >= 11 is 0. The molecule has 0 radical (unpaired) electrons. The molecule has 0 aliphatic carbocycles. The first-order valence-corrected chi connectivity index (χ1v) is 12.6. The fraction of sp³-hybridized carbons (Fsp3) is 0.379. The molecule has 200 valence electrons. The Balaban J connectivity index is 1.69. The van der Waals surface area contributed by atoms with E-state index in [1.54, 1.807) is 22.7 Å². The highest BCUT2D eigenvalue weighted by molar-refractivity contribution is 6.05. The van der Waals surface area contributed by atoms with Gasteiger partial charge in [-0.3, -0.25) is 9.48 Å². The lowest BCUT2D eigenvalue weighted by atomic mass is 9.85. The van der Waals surface area contributed by atoms with Crippen molar-refractivity contribution >= 4 is 11.6 Å². The molecule has 9 heteroatoms. The fourth-order valence-corrected chi connectivity index (χ4v) is 4.36. The van der Waals surface area contributed by atoms with Gasteiger partial charge in [-0.05, 0) is 62.7 Å². The second-order valence-corrected chi connectivity index (χ2v) is 11.0. The standard InChI is InChI=1S/C29H37N7O2/c1-18-10-11-20(13-26(18)36-17-25(32-33-36)23-15-30-35(8)19(23)2)28(37)31-24-14-22(29(3,4)5)12-21(16-34(6)7)27(24)38-9/h10-15,17H,16H2,1-9H3,(H,31,37). The second-order valence-electron chi connectivity index (χ2n) is 11.0. The number of carbonyl (C=O) groups excluding carboxylic acids is 1. The summed E-state index contributed by atoms with van der Waals surface area (Å²) < 4.78 is 9.28. The third kappa shape index (κ3) is 5.47. The predicted octanol–water partition coefficient (Wildman–Crippen LogP) is 4.90. The molecule has 0 aliphatic rings. The average Bonchev–Trinajstić information content (AvgIpc) is 3.45. The van der Waals surface area contributed by atoms with Crippen LogP contribution < -0.4 is 10.1 Å². The number of rotatable bonds is 7. The van der Waals surface area contributed by atoms with E-state index in [4.69, 9.17) is 4.74 Å². The topological polar surface area (TPSA) is 90.1 Å². The first kappa shape index (κ1) is 27.1. The molecule has 38 heavy (non-hydrogen) atoms. The van der Waals surface area contributed by atoms with E-state index in [-0.39, 0.29) is 11.3 Å². The van der Waals surface area contributed by atoms with Crippen LogP contribution in [0.5, 0.6) is 5.75 Å². The third-order valence-electron chi connectivity index (χ3n) is 6.69. The maximum absolute atomic E-state index is 13.5. The summed E-state index contributed by atoms with van der Waals surface area (Å²) in [5.41, 5.74) is 7.61. The summed E-state index contributed by atoms with van der Waals surface area (Å²) in [6.07, 6.45) is 3.64. The normalized spacial score (nSPS) is 11.7. The van der Waals surface area contributed by atoms with Crippen molar-refractivity contribution in [2.24, 2.45) is 7.05 Å². The van der Waals surface area contributed by atoms with Crippen LogP contribution in [0.3, 0.4) is 0 Å². The Morgan fingerprint density at radius 2 is 1.87 bits per heavy atom. The van der Waals surface area contributed by atoms with Crippen LogP contribution in [-0.4, -0.2) is 56.8 Å². The zero-order valence-corrected chi connectivity index (χ0v) is 23.7. The van der Waals surface area contributed by atoms with Gasteiger partial charge in [-0.1, -0.05) is 38.1 Å². The van der Waals surface area contributed by atoms with E-state index in [1.807, 2.05) is 65.5 Å². The number of aryl methyl sites for hydroxylation is 2. The van der Waals surface area contributed by atoms with Crippen molar-refractivity contribution in [2.45, 2.75) is 46.6 Å². The molecule has 1 N–H and O–H groups in total. The molecule has 0 saturated carbocycles. The van der Waals surface area contributed by atoms with Crippen LogP contribution in [0.15, 0.2) is 42.7 Å². The maximum Gasteiger partial charge on any atom is 0.255 e. The van der Waals surface area contributed by atoms with Crippen LogP contribution in [0.25, 0.3) is 16.9 Å². The summed E-state index contributed by atoms with van der Waals surface area (Å²) in [5, 5.41) is 16.1. The summed E-state index contributed by atoms with van der Waals surface area (Å²) in [5.74, 6) is 0.440. The van der Waals surface area contributed by atoms with Crippen molar-refractivity contribution in [1.29, 1.82) is 0 Å². The number of benzene rings is 2. The number of nitrogens with zero attached hydrogens (tertiary/aromatic N) is 6. The number of nitrogens with one attached hydrogen (secondary N) is 1. The van der Waals surface area contributed by atoms with Crippen molar-refractivity contribution < 1.29 is 9.53 Å². The molecule has 9 nitrogen and oxygen atoms in total. The number of methoxy groups -OCH3 is 1. The van der Waals surface area contributed by atoms with Crippen molar-refractivity contribution in [3.05, 3.63) is 70.7 Å². The van der Waals surface area contributed by atoms with Gasteiger partial charge in [0.1, 0.15) is 11.4 Å². The van der Waals surface area contributed by atoms with E-state index in [1.165, 1.54) is 0 Å². The highest BCUT2D eigenvalue weighted by Crippen LogP contribution is 2.36. The Bertz CT molecular complexity index is 1470. The molecule has 0 aliphatic heterocycles. The molecule has 2 aromatic heterocycles. The van der Waals surface area contributed by atoms with Crippen LogP contribution in [-0.2, 0) is 19.0 Å². The van der Waals surface area contributed by atoms with Crippen molar-refractivity contribution in [2.75, 3.05) is 26.5 Å². The van der Waals surface area contributed by atoms with E-state index in [0.29, 0.717) is 23.5 Å². The molecule has 4 aromatic rings. The Morgan fingerprint density at radius 1 is 1.13 bits per heavy atom. The quantitative estimate of drug-likeness (QED) is 0.376. The highest BCUT2D eigenvalue weighted by atomic mass is 16.5. The Kier molecular flexibility index (Phi) is 7.42. The average molecular weight is 516 g/mol. The molecule has 4 rings (SSSR count). The van der Waals surface area contributed by atoms with E-state index >= 15 is 0 Å². The fourth-order valence-electron chi connectivity index (χ4n) is 4.36. The first-order chi connectivity index (χ1) is 17.9. The third-order valence-corrected chi connectivity index (χ3v) is 6.69. The SMILES string of the molecule is COc1c(CN(C)C)cc(C(C)(C)C)cc1NC(=O)c1ccc(C)c(-n2cc(-c3cnn(C)c3C)nn2)c1. The summed E-state index contributed by atoms with van der Waals surface area (Å²) in [4.78, 5) is 15.6. The molecule has 0 bridgehead atoms. The van der Waals surface area contributed by atoms with Crippen LogP contribution in [0.2, 0.25) is 0 Å². The molecular weight excluding hydrogens is 478 g/mol. The lowest BCUT2D eigenvalue weighted by molar-refractivity contribution is 0.102. The highest BCUT2D eigenvalue weighted by Gasteiger charge is 2.22. The van der Waals surface area contributed by atoms with E-state index < -0.39 is 0 Å². The molecule has 0 saturated heterocycles. The number of amides is 1. The molecule has 0 fully saturated rings. The minimum atomic E-state index is -0.227. The molecule has 1 amide bonds. The van der Waals surface area contributed by atoms with Crippen LogP contribution in [0.1, 0.15) is 53.5 Å². The van der Waals surface area contributed by atoms with E-state index in [9.17, 15) is 4.79 Å². The van der Waals surface area contributed by atoms with E-state index in [2.05, 4.69) is 52.5 Å². The molecule has 2 aromatic carbocycles. The van der Waals surface area contributed by atoms with Crippen LogP contribution >= 0.6 is 0 Å². The van der Waals surface area contributed by atoms with Gasteiger partial charge in [-0.15, -0.1) is 5.10 Å². The van der Waals surface area contributed by atoms with Crippen LogP contribution in [0.4, 0.5) is 5.69 Å². The van der Waals surface area contributed by atoms with Crippen LogP contribution in [0, 0.1) is 13.8 Å². The smallest absolute Gasteiger partial charge is 0.255 e. The number of anilines is 1. The summed E-state index contributed by atoms with van der Waals surface area (Å²) in [7, 11) is 7.56. The van der Waals surface area contributed by atoms with Crippen molar-refractivity contribution in [1.82, 2.24) is 29.7 Å². The number of hydrogen-bond donors (Lipinski definition) is 1. The minimum Gasteiger partial charge on any atom is -0.494 e. The van der Waals surface area contributed by atoms with Crippen molar-refractivity contribution in [3.8, 4) is 22.7 Å². The number of ether oxygens (including phenoxy) is 1. The van der Waals surface area contributed by atoms with Gasteiger partial charge < -0.3 is 15.0 Å². The molecule has 2 heterocycles. The first-order valence-electron chi connectivity index (χ1n) is 12.6. The zero-order valence-electron chi connectivity index (χ0n) is 23.7. The maximum atomic E-state index is 13.5. The molecule has 0 spiro atoms. The monoisotopic (exact) mass is 515 g/mol. The lowest BCUT2D eigenvalue weighted by Gasteiger charge is -2.25. The second kappa shape index (κ2) is 10.4. The molecule has 0 atom stereocenters. The van der Waals surface area contributed by atoms with E-state index in [0.717, 1.165) is 39.3 Å². The summed E-state index contributed by atoms with van der Waals surface area (Å²) in [6, 6.07) is 9.73.